The minimum absolute atomic E-state index is 0. The predicted molar refractivity (Wildman–Crippen MR) is 88.7 cm³/mol. The van der Waals surface area contributed by atoms with Crippen LogP contribution in [0.2, 0.25) is 0 Å². The maximum atomic E-state index is 11.2. The second-order valence-electron chi connectivity index (χ2n) is 3.42. The standard InChI is InChI=1S/C10H24N4O3S.HI/c1-4-17-9-8-13-10(11-3)12-6-7-14-18(15,16)5-2;/h14H,4-9H2,1-3H3,(H2,11,12,13);1H. The number of rotatable bonds is 9. The van der Waals surface area contributed by atoms with Gasteiger partial charge >= 0.3 is 0 Å². The molecule has 7 nitrogen and oxygen atoms in total. The molecule has 0 saturated carbocycles. The topological polar surface area (TPSA) is 91.8 Å². The molecule has 19 heavy (non-hydrogen) atoms. The molecule has 0 heterocycles. The number of halogens is 1. The Balaban J connectivity index is 0. The number of nitrogens with one attached hydrogen (secondary N) is 3. The summed E-state index contributed by atoms with van der Waals surface area (Å²) in [4.78, 5) is 4.00. The van der Waals surface area contributed by atoms with Crippen molar-refractivity contribution in [2.75, 3.05) is 45.6 Å². The Bertz CT molecular complexity index is 336. The molecule has 0 atom stereocenters. The predicted octanol–water partition coefficient (Wildman–Crippen LogP) is -0.255. The molecule has 0 aromatic carbocycles. The van der Waals surface area contributed by atoms with Crippen molar-refractivity contribution in [3.63, 3.8) is 0 Å². The highest BCUT2D eigenvalue weighted by atomic mass is 127. The summed E-state index contributed by atoms with van der Waals surface area (Å²) in [6, 6.07) is 0. The average Bonchev–Trinajstić information content (AvgIpc) is 2.37. The molecule has 0 radical (unpaired) electrons. The van der Waals surface area contributed by atoms with Crippen molar-refractivity contribution in [2.45, 2.75) is 13.8 Å². The molecule has 0 saturated heterocycles. The Morgan fingerprint density at radius 1 is 1.16 bits per heavy atom. The van der Waals surface area contributed by atoms with E-state index < -0.39 is 10.0 Å². The first-order chi connectivity index (χ1) is 8.55. The summed E-state index contributed by atoms with van der Waals surface area (Å²) in [6.07, 6.45) is 0. The van der Waals surface area contributed by atoms with Gasteiger partial charge in [0.15, 0.2) is 5.96 Å². The van der Waals surface area contributed by atoms with Crippen molar-refractivity contribution in [1.82, 2.24) is 15.4 Å². The second kappa shape index (κ2) is 12.9. The molecule has 0 aliphatic carbocycles. The first-order valence-corrected chi connectivity index (χ1v) is 7.70. The van der Waals surface area contributed by atoms with Gasteiger partial charge in [-0.3, -0.25) is 4.99 Å². The van der Waals surface area contributed by atoms with E-state index in [9.17, 15) is 8.42 Å². The smallest absolute Gasteiger partial charge is 0.211 e. The lowest BCUT2D eigenvalue weighted by atomic mass is 10.6. The molecule has 0 aliphatic rings. The molecule has 0 bridgehead atoms. The fourth-order valence-corrected chi connectivity index (χ4v) is 1.71. The van der Waals surface area contributed by atoms with Gasteiger partial charge in [0.05, 0.1) is 12.4 Å². The Morgan fingerprint density at radius 2 is 1.79 bits per heavy atom. The van der Waals surface area contributed by atoms with E-state index in [1.165, 1.54) is 0 Å². The minimum Gasteiger partial charge on any atom is -0.380 e. The highest BCUT2D eigenvalue weighted by Crippen LogP contribution is 1.80. The first-order valence-electron chi connectivity index (χ1n) is 6.05. The Kier molecular flexibility index (Phi) is 14.4. The molecule has 116 valence electrons. The monoisotopic (exact) mass is 408 g/mol. The average molecular weight is 408 g/mol. The lowest BCUT2D eigenvalue weighted by Crippen LogP contribution is -2.42. The van der Waals surface area contributed by atoms with Gasteiger partial charge in [-0.2, -0.15) is 0 Å². The van der Waals surface area contributed by atoms with Gasteiger partial charge in [0.2, 0.25) is 10.0 Å². The summed E-state index contributed by atoms with van der Waals surface area (Å²) in [7, 11) is -1.46. The SMILES string of the molecule is CCOCCNC(=NC)NCCNS(=O)(=O)CC.I. The van der Waals surface area contributed by atoms with Crippen LogP contribution in [0.15, 0.2) is 4.99 Å². The van der Waals surface area contributed by atoms with Crippen molar-refractivity contribution in [3.05, 3.63) is 0 Å². The van der Waals surface area contributed by atoms with E-state index in [1.807, 2.05) is 6.92 Å². The lowest BCUT2D eigenvalue weighted by Gasteiger charge is -2.12. The minimum atomic E-state index is -3.12. The third kappa shape index (κ3) is 12.6. The highest BCUT2D eigenvalue weighted by molar-refractivity contribution is 14.0. The summed E-state index contributed by atoms with van der Waals surface area (Å²) in [5.41, 5.74) is 0. The van der Waals surface area contributed by atoms with E-state index in [4.69, 9.17) is 4.74 Å². The highest BCUT2D eigenvalue weighted by Gasteiger charge is 2.04. The van der Waals surface area contributed by atoms with Gasteiger partial charge in [-0.1, -0.05) is 0 Å². The first kappa shape index (κ1) is 21.2. The molecule has 0 unspecified atom stereocenters. The molecule has 3 N–H and O–H groups in total. The van der Waals surface area contributed by atoms with Crippen LogP contribution in [0.5, 0.6) is 0 Å². The van der Waals surface area contributed by atoms with Crippen molar-refractivity contribution in [2.24, 2.45) is 4.99 Å². The van der Waals surface area contributed by atoms with Crippen LogP contribution in [0, 0.1) is 0 Å². The van der Waals surface area contributed by atoms with Crippen molar-refractivity contribution in [1.29, 1.82) is 0 Å². The molecule has 0 rings (SSSR count). The summed E-state index contributed by atoms with van der Waals surface area (Å²) < 4.78 is 30.0. The third-order valence-electron chi connectivity index (χ3n) is 2.09. The largest absolute Gasteiger partial charge is 0.380 e. The van der Waals surface area contributed by atoms with E-state index in [2.05, 4.69) is 20.3 Å². The Hall–Kier alpha value is -0.130. The number of guanidine groups is 1. The van der Waals surface area contributed by atoms with Gasteiger partial charge in [-0.05, 0) is 13.8 Å². The van der Waals surface area contributed by atoms with E-state index in [-0.39, 0.29) is 29.7 Å². The molecule has 9 heteroatoms. The van der Waals surface area contributed by atoms with Gasteiger partial charge < -0.3 is 15.4 Å². The zero-order valence-electron chi connectivity index (χ0n) is 11.7. The summed E-state index contributed by atoms with van der Waals surface area (Å²) in [5.74, 6) is 0.722. The lowest BCUT2D eigenvalue weighted by molar-refractivity contribution is 0.152. The molecule has 0 aromatic rings. The second-order valence-corrected chi connectivity index (χ2v) is 5.52. The van der Waals surface area contributed by atoms with Gasteiger partial charge in [0, 0.05) is 33.3 Å². The van der Waals surface area contributed by atoms with Crippen LogP contribution in [-0.4, -0.2) is 60.0 Å². The van der Waals surface area contributed by atoms with E-state index in [0.717, 1.165) is 0 Å². The molecule has 0 aliphatic heterocycles. The van der Waals surface area contributed by atoms with Crippen molar-refractivity contribution < 1.29 is 13.2 Å². The summed E-state index contributed by atoms with van der Waals surface area (Å²) in [6.45, 7) is 6.31. The molecular formula is C10H25IN4O3S. The van der Waals surface area contributed by atoms with Crippen molar-refractivity contribution in [3.8, 4) is 0 Å². The van der Waals surface area contributed by atoms with E-state index >= 15 is 0 Å². The van der Waals surface area contributed by atoms with Crippen LogP contribution in [0.25, 0.3) is 0 Å². The maximum Gasteiger partial charge on any atom is 0.211 e. The fraction of sp³-hybridized carbons (Fsp3) is 0.900. The number of nitrogens with zero attached hydrogens (tertiary/aromatic N) is 1. The van der Waals surface area contributed by atoms with Crippen LogP contribution in [-0.2, 0) is 14.8 Å². The van der Waals surface area contributed by atoms with E-state index in [0.29, 0.717) is 38.8 Å². The molecule has 0 fully saturated rings. The van der Waals surface area contributed by atoms with Gasteiger partial charge in [-0.25, -0.2) is 13.1 Å². The number of aliphatic imine (C=N–C) groups is 1. The summed E-state index contributed by atoms with van der Waals surface area (Å²) >= 11 is 0. The zero-order chi connectivity index (χ0) is 13.9. The van der Waals surface area contributed by atoms with Crippen LogP contribution in [0.4, 0.5) is 0 Å². The number of sulfonamides is 1. The molecule has 0 spiro atoms. The van der Waals surface area contributed by atoms with Gasteiger partial charge in [0.1, 0.15) is 0 Å². The van der Waals surface area contributed by atoms with Crippen molar-refractivity contribution >= 4 is 40.0 Å². The van der Waals surface area contributed by atoms with Gasteiger partial charge in [0.25, 0.3) is 0 Å². The Labute approximate surface area is 133 Å². The number of hydrogen-bond donors (Lipinski definition) is 3. The quantitative estimate of drug-likeness (QED) is 0.212. The zero-order valence-corrected chi connectivity index (χ0v) is 14.9. The number of hydrogen-bond acceptors (Lipinski definition) is 4. The molecule has 0 amide bonds. The van der Waals surface area contributed by atoms with Crippen LogP contribution < -0.4 is 15.4 Å². The third-order valence-corrected chi connectivity index (χ3v) is 3.49. The number of ether oxygens (including phenoxy) is 1. The Morgan fingerprint density at radius 3 is 2.32 bits per heavy atom. The van der Waals surface area contributed by atoms with Crippen LogP contribution in [0.1, 0.15) is 13.8 Å². The molecular weight excluding hydrogens is 383 g/mol. The maximum absolute atomic E-state index is 11.2. The van der Waals surface area contributed by atoms with Crippen LogP contribution in [0.3, 0.4) is 0 Å². The molecule has 0 aromatic heterocycles. The van der Waals surface area contributed by atoms with Crippen LogP contribution >= 0.6 is 24.0 Å². The summed E-state index contributed by atoms with van der Waals surface area (Å²) in [5, 5.41) is 6.05. The van der Waals surface area contributed by atoms with E-state index in [1.54, 1.807) is 14.0 Å². The van der Waals surface area contributed by atoms with Gasteiger partial charge in [-0.15, -0.1) is 24.0 Å². The normalized spacial score (nSPS) is 11.8. The fourth-order valence-electron chi connectivity index (χ4n) is 1.10.